The molecule has 120 valence electrons. The minimum atomic E-state index is -1.09. The first-order valence-electron chi connectivity index (χ1n) is 8.98. The van der Waals surface area contributed by atoms with Crippen molar-refractivity contribution in [3.05, 3.63) is 0 Å². The van der Waals surface area contributed by atoms with Crippen molar-refractivity contribution >= 4 is 21.9 Å². The summed E-state index contributed by atoms with van der Waals surface area (Å²) in [6.07, 6.45) is 1.76. The highest BCUT2D eigenvalue weighted by molar-refractivity contribution is 6.80. The van der Waals surface area contributed by atoms with E-state index in [0.717, 1.165) is 12.8 Å². The minimum Gasteiger partial charge on any atom is -0.300 e. The summed E-state index contributed by atoms with van der Waals surface area (Å²) in [5, 5.41) is 0. The molecule has 0 bridgehead atoms. The Morgan fingerprint density at radius 2 is 0.850 bits per heavy atom. The molecule has 0 aliphatic heterocycles. The molecule has 0 N–H and O–H groups in total. The number of carbonyl (C=O) groups is 1. The molecule has 20 heavy (non-hydrogen) atoms. The fourth-order valence-electron chi connectivity index (χ4n) is 3.49. The van der Waals surface area contributed by atoms with Crippen LogP contribution in [0, 0.1) is 0 Å². The van der Waals surface area contributed by atoms with Crippen LogP contribution < -0.4 is 0 Å². The van der Waals surface area contributed by atoms with E-state index in [9.17, 15) is 4.79 Å². The molecule has 0 heterocycles. The maximum atomic E-state index is 12.3. The van der Waals surface area contributed by atoms with Crippen molar-refractivity contribution in [3.63, 3.8) is 0 Å². The number of carbonyl (C=O) groups excluding carboxylic acids is 1. The Balaban J connectivity index is 4.30. The highest BCUT2D eigenvalue weighted by atomic mass is 28.3. The molecular formula is C17H38OSi2. The lowest BCUT2D eigenvalue weighted by Gasteiger charge is -2.29. The highest BCUT2D eigenvalue weighted by Crippen LogP contribution is 2.29. The van der Waals surface area contributed by atoms with E-state index in [4.69, 9.17) is 0 Å². The van der Waals surface area contributed by atoms with E-state index in [1.165, 1.54) is 48.4 Å². The topological polar surface area (TPSA) is 17.1 Å². The van der Waals surface area contributed by atoms with Crippen molar-refractivity contribution in [2.24, 2.45) is 0 Å². The first kappa shape index (κ1) is 20.1. The highest BCUT2D eigenvalue weighted by Gasteiger charge is 2.29. The van der Waals surface area contributed by atoms with Gasteiger partial charge in [0.2, 0.25) is 0 Å². The lowest BCUT2D eigenvalue weighted by molar-refractivity contribution is -0.118. The molecule has 0 saturated heterocycles. The second kappa shape index (κ2) is 9.94. The summed E-state index contributed by atoms with van der Waals surface area (Å²) in [4.78, 5) is 12.3. The molecule has 0 saturated carbocycles. The molecule has 0 aromatic heterocycles. The summed E-state index contributed by atoms with van der Waals surface area (Å²) < 4.78 is 0. The molecule has 0 unspecified atom stereocenters. The zero-order valence-electron chi connectivity index (χ0n) is 15.0. The van der Waals surface area contributed by atoms with Crippen LogP contribution >= 0.6 is 0 Å². The summed E-state index contributed by atoms with van der Waals surface area (Å²) in [6.45, 7) is 14.0. The van der Waals surface area contributed by atoms with Gasteiger partial charge in [-0.1, -0.05) is 89.9 Å². The molecular weight excluding hydrogens is 276 g/mol. The molecule has 0 amide bonds. The lowest BCUT2D eigenvalue weighted by Crippen LogP contribution is -2.33. The molecule has 0 aliphatic rings. The van der Waals surface area contributed by atoms with Crippen molar-refractivity contribution in [3.8, 4) is 0 Å². The maximum Gasteiger partial charge on any atom is 0.132 e. The van der Waals surface area contributed by atoms with Crippen LogP contribution in [0.1, 0.15) is 54.4 Å². The van der Waals surface area contributed by atoms with Gasteiger partial charge in [0.05, 0.1) is 16.1 Å². The van der Waals surface area contributed by atoms with Gasteiger partial charge in [0.15, 0.2) is 0 Å². The molecule has 0 atom stereocenters. The Labute approximate surface area is 130 Å². The number of rotatable bonds is 12. The average Bonchev–Trinajstić information content (AvgIpc) is 2.51. The van der Waals surface area contributed by atoms with Gasteiger partial charge >= 0.3 is 0 Å². The van der Waals surface area contributed by atoms with Crippen molar-refractivity contribution < 1.29 is 4.79 Å². The summed E-state index contributed by atoms with van der Waals surface area (Å²) in [5.74, 6) is 0.560. The predicted molar refractivity (Wildman–Crippen MR) is 98.2 cm³/mol. The molecule has 3 heteroatoms. The summed E-state index contributed by atoms with van der Waals surface area (Å²) in [7, 11) is -2.18. The number of ketones is 1. The van der Waals surface area contributed by atoms with Crippen LogP contribution in [0.25, 0.3) is 0 Å². The van der Waals surface area contributed by atoms with Gasteiger partial charge in [-0.15, -0.1) is 0 Å². The lowest BCUT2D eigenvalue weighted by atomic mass is 10.2. The van der Waals surface area contributed by atoms with Crippen molar-refractivity contribution in [1.82, 2.24) is 0 Å². The van der Waals surface area contributed by atoms with E-state index < -0.39 is 16.1 Å². The van der Waals surface area contributed by atoms with Crippen LogP contribution in [0.5, 0.6) is 0 Å². The standard InChI is InChI=1S/C17H38OSi2/c1-7-19(8-2,9-3)15-13-17(18)14-16-20(10-4,11-5)12-6/h7-16H2,1-6H3. The van der Waals surface area contributed by atoms with Gasteiger partial charge in [-0.05, 0) is 0 Å². The van der Waals surface area contributed by atoms with Crippen LogP contribution in [0.3, 0.4) is 0 Å². The second-order valence-electron chi connectivity index (χ2n) is 6.66. The molecule has 0 aromatic carbocycles. The molecule has 0 fully saturated rings. The molecule has 0 radical (unpaired) electrons. The summed E-state index contributed by atoms with van der Waals surface area (Å²) in [5.41, 5.74) is 0. The van der Waals surface area contributed by atoms with E-state index in [1.807, 2.05) is 0 Å². The minimum absolute atomic E-state index is 0.560. The SMILES string of the molecule is CC[Si](CC)(CC)CCC(=O)CC[Si](CC)(CC)CC. The number of hydrogen-bond donors (Lipinski definition) is 0. The van der Waals surface area contributed by atoms with E-state index >= 15 is 0 Å². The Morgan fingerprint density at radius 3 is 1.05 bits per heavy atom. The fourth-order valence-corrected chi connectivity index (χ4v) is 10.2. The molecule has 0 rings (SSSR count). The van der Waals surface area contributed by atoms with E-state index in [0.29, 0.717) is 5.78 Å². The predicted octanol–water partition coefficient (Wildman–Crippen LogP) is 6.35. The van der Waals surface area contributed by atoms with Crippen molar-refractivity contribution in [2.45, 2.75) is 103 Å². The zero-order chi connectivity index (χ0) is 15.6. The van der Waals surface area contributed by atoms with E-state index in [-0.39, 0.29) is 0 Å². The normalized spacial score (nSPS) is 12.7. The largest absolute Gasteiger partial charge is 0.300 e. The van der Waals surface area contributed by atoms with E-state index in [2.05, 4.69) is 41.5 Å². The first-order chi connectivity index (χ1) is 9.46. The second-order valence-corrected chi connectivity index (χ2v) is 17.9. The van der Waals surface area contributed by atoms with Gasteiger partial charge in [-0.2, -0.15) is 0 Å². The average molecular weight is 315 g/mol. The van der Waals surface area contributed by atoms with Crippen LogP contribution in [-0.4, -0.2) is 21.9 Å². The Bertz CT molecular complexity index is 226. The summed E-state index contributed by atoms with van der Waals surface area (Å²) >= 11 is 0. The zero-order valence-corrected chi connectivity index (χ0v) is 17.0. The molecule has 1 nitrogen and oxygen atoms in total. The van der Waals surface area contributed by atoms with E-state index in [1.54, 1.807) is 0 Å². The van der Waals surface area contributed by atoms with Gasteiger partial charge in [-0.25, -0.2) is 0 Å². The quantitative estimate of drug-likeness (QED) is 0.383. The van der Waals surface area contributed by atoms with Crippen LogP contribution in [0.4, 0.5) is 0 Å². The van der Waals surface area contributed by atoms with Crippen LogP contribution in [0.2, 0.25) is 48.4 Å². The monoisotopic (exact) mass is 314 g/mol. The number of hydrogen-bond acceptors (Lipinski definition) is 1. The third kappa shape index (κ3) is 5.84. The van der Waals surface area contributed by atoms with Crippen molar-refractivity contribution in [2.75, 3.05) is 0 Å². The van der Waals surface area contributed by atoms with Gasteiger partial charge < -0.3 is 0 Å². The van der Waals surface area contributed by atoms with Gasteiger partial charge in [0.25, 0.3) is 0 Å². The molecule has 0 aliphatic carbocycles. The van der Waals surface area contributed by atoms with Crippen molar-refractivity contribution in [1.29, 1.82) is 0 Å². The van der Waals surface area contributed by atoms with Crippen LogP contribution in [0.15, 0.2) is 0 Å². The third-order valence-electron chi connectivity index (χ3n) is 6.37. The van der Waals surface area contributed by atoms with Gasteiger partial charge in [0, 0.05) is 12.8 Å². The number of Topliss-reactive ketones (excluding diaryl/α,β-unsaturated/α-hetero) is 1. The molecule has 0 aromatic rings. The Kier molecular flexibility index (Phi) is 9.99. The fraction of sp³-hybridized carbons (Fsp3) is 0.941. The van der Waals surface area contributed by atoms with Gasteiger partial charge in [-0.3, -0.25) is 4.79 Å². The first-order valence-corrected chi connectivity index (χ1v) is 14.6. The smallest absolute Gasteiger partial charge is 0.132 e. The Morgan fingerprint density at radius 1 is 0.600 bits per heavy atom. The van der Waals surface area contributed by atoms with Crippen LogP contribution in [-0.2, 0) is 4.79 Å². The van der Waals surface area contributed by atoms with Gasteiger partial charge in [0.1, 0.15) is 5.78 Å². The molecule has 0 spiro atoms. The maximum absolute atomic E-state index is 12.3. The third-order valence-corrected chi connectivity index (χ3v) is 18.0. The Hall–Kier alpha value is 0.104. The summed E-state index contributed by atoms with van der Waals surface area (Å²) in [6, 6.07) is 10.6.